The second kappa shape index (κ2) is 24.8. The molecule has 29 heavy (non-hydrogen) atoms. The van der Waals surface area contributed by atoms with Gasteiger partial charge in [0.25, 0.3) is 0 Å². The molecule has 0 radical (unpaired) electrons. The Morgan fingerprint density at radius 2 is 1.03 bits per heavy atom. The molecule has 9 nitrogen and oxygen atoms in total. The molecule has 180 valence electrons. The molecule has 2 N–H and O–H groups in total. The topological polar surface area (TPSA) is 126 Å². The quantitative estimate of drug-likeness (QED) is 0.512. The van der Waals surface area contributed by atoms with Crippen molar-refractivity contribution in [3.8, 4) is 0 Å². The predicted octanol–water partition coefficient (Wildman–Crippen LogP) is 0.909. The van der Waals surface area contributed by atoms with Crippen molar-refractivity contribution in [3.63, 3.8) is 0 Å². The summed E-state index contributed by atoms with van der Waals surface area (Å²) in [6, 6.07) is 0. The Labute approximate surface area is 178 Å². The van der Waals surface area contributed by atoms with Gasteiger partial charge in [0.05, 0.1) is 54.5 Å². The summed E-state index contributed by atoms with van der Waals surface area (Å²) < 4.78 is 12.0. The van der Waals surface area contributed by atoms with Crippen LogP contribution in [0.3, 0.4) is 0 Å². The Bertz CT molecular complexity index is 329. The number of hydrogen-bond donors (Lipinski definition) is 1. The van der Waals surface area contributed by atoms with Crippen LogP contribution in [0.15, 0.2) is 0 Å². The molecule has 0 amide bonds. The molecule has 0 bridgehead atoms. The Kier molecular flexibility index (Phi) is 32.8. The van der Waals surface area contributed by atoms with Crippen molar-refractivity contribution < 1.29 is 43.7 Å². The van der Waals surface area contributed by atoms with Gasteiger partial charge in [-0.2, -0.15) is 0 Å². The van der Waals surface area contributed by atoms with Crippen molar-refractivity contribution >= 4 is 11.9 Å². The van der Waals surface area contributed by atoms with Gasteiger partial charge < -0.3 is 38.9 Å². The van der Waals surface area contributed by atoms with E-state index in [0.29, 0.717) is 0 Å². The number of likely N-dealkylation sites (N-methyl/N-ethyl adjacent to an activating group) is 2. The molecule has 0 aromatic heterocycles. The zero-order valence-corrected chi connectivity index (χ0v) is 20.5. The highest BCUT2D eigenvalue weighted by Gasteiger charge is 2.10. The summed E-state index contributed by atoms with van der Waals surface area (Å²) in [4.78, 5) is 18.6. The van der Waals surface area contributed by atoms with Crippen molar-refractivity contribution in [1.82, 2.24) is 0 Å². The number of carboxylic acids is 2. The number of carboxylic acid groups (broad SMARTS) is 2. The van der Waals surface area contributed by atoms with Crippen LogP contribution in [0.4, 0.5) is 0 Å². The maximum Gasteiger partial charge on any atom is 0.303 e. The summed E-state index contributed by atoms with van der Waals surface area (Å²) in [5, 5.41) is 17.0. The van der Waals surface area contributed by atoms with Crippen molar-refractivity contribution in [3.05, 3.63) is 0 Å². The Hall–Kier alpha value is -1.26. The first-order valence-corrected chi connectivity index (χ1v) is 9.82. The smallest absolute Gasteiger partial charge is 0.303 e. The first-order chi connectivity index (χ1) is 12.8. The number of methoxy groups -OCH3 is 2. The molecular weight excluding hydrogens is 380 g/mol. The van der Waals surface area contributed by atoms with Crippen LogP contribution in [0.2, 0.25) is 0 Å². The van der Waals surface area contributed by atoms with Gasteiger partial charge in [-0.05, 0) is 20.3 Å². The lowest BCUT2D eigenvalue weighted by Gasteiger charge is -2.27. The summed E-state index contributed by atoms with van der Waals surface area (Å²) >= 11 is 0. The minimum absolute atomic E-state index is 0. The highest BCUT2D eigenvalue weighted by molar-refractivity contribution is 5.66. The summed E-state index contributed by atoms with van der Waals surface area (Å²) in [6.45, 7) is 13.8. The van der Waals surface area contributed by atoms with Crippen LogP contribution in [-0.2, 0) is 19.1 Å². The molecule has 0 aliphatic carbocycles. The van der Waals surface area contributed by atoms with Gasteiger partial charge in [-0.25, -0.2) is 0 Å². The maximum absolute atomic E-state index is 9.37. The molecule has 0 aliphatic heterocycles. The lowest BCUT2D eigenvalue weighted by Crippen LogP contribution is -2.41. The number of hydrogen-bond acceptors (Lipinski definition) is 6. The second-order valence-electron chi connectivity index (χ2n) is 7.41. The molecule has 0 rings (SSSR count). The third kappa shape index (κ3) is 46.6. The van der Waals surface area contributed by atoms with Gasteiger partial charge in [-0.15, -0.1) is 0 Å². The van der Waals surface area contributed by atoms with Crippen molar-refractivity contribution in [1.29, 1.82) is 0 Å². The standard InChI is InChI=1S/2C7H18NO.2C3H6O2.H2O/c2*1-5-8(2,3)6-7-9-4;2*1-2-3(4)5;/h2*5-7H2,1-4H3;2*2H2,1H3,(H,4,5);1H2/q2*+1;;;/p-2. The number of carbonyl (C=O) groups excluding carboxylic acids is 1. The monoisotopic (exact) mass is 428 g/mol. The van der Waals surface area contributed by atoms with Gasteiger partial charge in [0.1, 0.15) is 13.1 Å². The molecule has 0 aromatic carbocycles. The maximum atomic E-state index is 9.37. The number of quaternary nitrogens is 2. The summed E-state index contributed by atoms with van der Waals surface area (Å²) in [6.07, 6.45) is 0.333. The zero-order chi connectivity index (χ0) is 23.2. The lowest BCUT2D eigenvalue weighted by atomic mass is 10.4. The van der Waals surface area contributed by atoms with Gasteiger partial charge in [-0.3, -0.25) is 4.79 Å². The van der Waals surface area contributed by atoms with Gasteiger partial charge in [-0.1, -0.05) is 13.8 Å². The molecule has 0 aromatic rings. The summed E-state index contributed by atoms with van der Waals surface area (Å²) in [5.41, 5.74) is 0. The predicted molar refractivity (Wildman–Crippen MR) is 114 cm³/mol. The fourth-order valence-corrected chi connectivity index (χ4v) is 0.993. The van der Waals surface area contributed by atoms with Crippen molar-refractivity contribution in [2.24, 2.45) is 0 Å². The first-order valence-electron chi connectivity index (χ1n) is 9.82. The number of rotatable bonds is 10. The fourth-order valence-electron chi connectivity index (χ4n) is 0.993. The second-order valence-corrected chi connectivity index (χ2v) is 7.41. The van der Waals surface area contributed by atoms with Crippen molar-refractivity contribution in [2.75, 3.05) is 81.8 Å². The number of aliphatic carboxylic acids is 2. The summed E-state index contributed by atoms with van der Waals surface area (Å²) in [5.74, 6) is -1.74. The number of carbonyl (C=O) groups is 2. The zero-order valence-electron chi connectivity index (χ0n) is 20.5. The SMILES string of the molecule is CCC(=O)O.CCC(=O)[O-].CC[N+](C)(C)CCOC.CC[N+](C)(C)CCOC.[OH-]. The molecule has 0 unspecified atom stereocenters. The van der Waals surface area contributed by atoms with Crippen LogP contribution in [0.25, 0.3) is 0 Å². The van der Waals surface area contributed by atoms with E-state index in [1.807, 2.05) is 0 Å². The van der Waals surface area contributed by atoms with Gasteiger partial charge in [0, 0.05) is 26.6 Å². The van der Waals surface area contributed by atoms with E-state index in [4.69, 9.17) is 14.6 Å². The minimum atomic E-state index is -0.995. The highest BCUT2D eigenvalue weighted by Crippen LogP contribution is 1.94. The van der Waals surface area contributed by atoms with E-state index in [2.05, 4.69) is 42.0 Å². The highest BCUT2D eigenvalue weighted by atomic mass is 16.5. The van der Waals surface area contributed by atoms with E-state index in [0.717, 1.165) is 35.3 Å². The molecule has 0 heterocycles. The van der Waals surface area contributed by atoms with Crippen LogP contribution < -0.4 is 5.11 Å². The van der Waals surface area contributed by atoms with Gasteiger partial charge >= 0.3 is 5.97 Å². The van der Waals surface area contributed by atoms with E-state index >= 15 is 0 Å². The van der Waals surface area contributed by atoms with Crippen LogP contribution in [-0.4, -0.2) is 113 Å². The Morgan fingerprint density at radius 3 is 1.14 bits per heavy atom. The van der Waals surface area contributed by atoms with E-state index < -0.39 is 11.9 Å². The lowest BCUT2D eigenvalue weighted by molar-refractivity contribution is -0.888. The average Bonchev–Trinajstić information content (AvgIpc) is 2.66. The number of ether oxygens (including phenoxy) is 2. The van der Waals surface area contributed by atoms with Crippen LogP contribution in [0, 0.1) is 0 Å². The molecule has 0 spiro atoms. The van der Waals surface area contributed by atoms with Crippen molar-refractivity contribution in [2.45, 2.75) is 40.5 Å². The first kappa shape index (κ1) is 38.4. The third-order valence-electron chi connectivity index (χ3n) is 4.10. The molecular formula is C20H48N2O7. The molecule has 9 heteroatoms. The third-order valence-corrected chi connectivity index (χ3v) is 4.10. The van der Waals surface area contributed by atoms with Gasteiger partial charge in [0.2, 0.25) is 0 Å². The molecule has 0 atom stereocenters. The van der Waals surface area contributed by atoms with E-state index in [1.54, 1.807) is 21.1 Å². The normalized spacial score (nSPS) is 10.0. The average molecular weight is 429 g/mol. The van der Waals surface area contributed by atoms with Crippen LogP contribution in [0.5, 0.6) is 0 Å². The van der Waals surface area contributed by atoms with Crippen LogP contribution in [0.1, 0.15) is 40.5 Å². The minimum Gasteiger partial charge on any atom is -0.870 e. The van der Waals surface area contributed by atoms with Crippen LogP contribution >= 0.6 is 0 Å². The van der Waals surface area contributed by atoms with E-state index in [-0.39, 0.29) is 18.3 Å². The summed E-state index contributed by atoms with van der Waals surface area (Å²) in [7, 11) is 12.3. The molecule has 0 aliphatic rings. The number of nitrogens with zero attached hydrogens (tertiary/aromatic N) is 2. The molecule has 0 saturated carbocycles. The van der Waals surface area contributed by atoms with E-state index in [1.165, 1.54) is 20.0 Å². The van der Waals surface area contributed by atoms with Gasteiger partial charge in [0.15, 0.2) is 0 Å². The fraction of sp³-hybridized carbons (Fsp3) is 0.900. The molecule has 0 saturated heterocycles. The Balaban J connectivity index is -0.0000000907. The molecule has 0 fully saturated rings. The van der Waals surface area contributed by atoms with E-state index in [9.17, 15) is 14.7 Å². The Morgan fingerprint density at radius 1 is 0.793 bits per heavy atom. The largest absolute Gasteiger partial charge is 0.870 e.